The Bertz CT molecular complexity index is 141. The zero-order valence-electron chi connectivity index (χ0n) is 8.59. The molecule has 1 unspecified atom stereocenters. The summed E-state index contributed by atoms with van der Waals surface area (Å²) in [4.78, 5) is 0. The number of rotatable bonds is 5. The normalized spacial score (nSPS) is 21.3. The van der Waals surface area contributed by atoms with E-state index in [1.54, 1.807) is 0 Å². The summed E-state index contributed by atoms with van der Waals surface area (Å²) in [5.41, 5.74) is 0. The maximum Gasteiger partial charge on any atom is 0.0468 e. The monoisotopic (exact) mass is 183 g/mol. The molecule has 1 heterocycles. The molecule has 1 saturated heterocycles. The SMILES string of the molecule is C=CCC(CC1CCOCC1)NC. The molecule has 0 amide bonds. The maximum absolute atomic E-state index is 5.33. The summed E-state index contributed by atoms with van der Waals surface area (Å²) in [7, 11) is 2.04. The second-order valence-electron chi connectivity index (χ2n) is 3.80. The van der Waals surface area contributed by atoms with Gasteiger partial charge in [0, 0.05) is 19.3 Å². The predicted octanol–water partition coefficient (Wildman–Crippen LogP) is 1.97. The smallest absolute Gasteiger partial charge is 0.0468 e. The summed E-state index contributed by atoms with van der Waals surface area (Å²) in [6.07, 6.45) is 6.81. The highest BCUT2D eigenvalue weighted by atomic mass is 16.5. The van der Waals surface area contributed by atoms with Gasteiger partial charge in [0.05, 0.1) is 0 Å². The molecule has 1 rings (SSSR count). The van der Waals surface area contributed by atoms with E-state index >= 15 is 0 Å². The Hall–Kier alpha value is -0.340. The molecule has 1 aliphatic rings. The van der Waals surface area contributed by atoms with Crippen LogP contribution in [0.2, 0.25) is 0 Å². The zero-order chi connectivity index (χ0) is 9.52. The van der Waals surface area contributed by atoms with Crippen molar-refractivity contribution in [1.29, 1.82) is 0 Å². The third-order valence-electron chi connectivity index (χ3n) is 2.82. The molecule has 2 heteroatoms. The first-order valence-electron chi connectivity index (χ1n) is 5.22. The molecule has 1 atom stereocenters. The number of nitrogens with one attached hydrogen (secondary N) is 1. The van der Waals surface area contributed by atoms with Crippen LogP contribution in [0.4, 0.5) is 0 Å². The van der Waals surface area contributed by atoms with Crippen LogP contribution in [-0.2, 0) is 4.74 Å². The molecule has 13 heavy (non-hydrogen) atoms. The fourth-order valence-electron chi connectivity index (χ4n) is 1.92. The van der Waals surface area contributed by atoms with E-state index in [2.05, 4.69) is 11.9 Å². The van der Waals surface area contributed by atoms with Crippen molar-refractivity contribution in [2.45, 2.75) is 31.7 Å². The van der Waals surface area contributed by atoms with Crippen LogP contribution in [0.3, 0.4) is 0 Å². The highest BCUT2D eigenvalue weighted by Gasteiger charge is 2.17. The van der Waals surface area contributed by atoms with Gasteiger partial charge in [0.25, 0.3) is 0 Å². The van der Waals surface area contributed by atoms with Crippen LogP contribution in [0, 0.1) is 5.92 Å². The average Bonchev–Trinajstić information content (AvgIpc) is 2.19. The quantitative estimate of drug-likeness (QED) is 0.658. The lowest BCUT2D eigenvalue weighted by Gasteiger charge is -2.25. The maximum atomic E-state index is 5.33. The molecule has 0 spiro atoms. The minimum Gasteiger partial charge on any atom is -0.381 e. The van der Waals surface area contributed by atoms with Crippen molar-refractivity contribution < 1.29 is 4.74 Å². The molecule has 1 fully saturated rings. The molecular weight excluding hydrogens is 162 g/mol. The van der Waals surface area contributed by atoms with E-state index < -0.39 is 0 Å². The molecule has 1 aliphatic heterocycles. The van der Waals surface area contributed by atoms with Crippen molar-refractivity contribution in [2.75, 3.05) is 20.3 Å². The largest absolute Gasteiger partial charge is 0.381 e. The van der Waals surface area contributed by atoms with E-state index in [4.69, 9.17) is 4.74 Å². The van der Waals surface area contributed by atoms with E-state index in [9.17, 15) is 0 Å². The molecular formula is C11H21NO. The Labute approximate surface area is 81.4 Å². The Kier molecular flexibility index (Phi) is 5.09. The van der Waals surface area contributed by atoms with E-state index in [1.807, 2.05) is 13.1 Å². The summed E-state index contributed by atoms with van der Waals surface area (Å²) < 4.78 is 5.33. The Balaban J connectivity index is 2.22. The molecule has 1 N–H and O–H groups in total. The van der Waals surface area contributed by atoms with Crippen molar-refractivity contribution in [2.24, 2.45) is 5.92 Å². The minimum absolute atomic E-state index is 0.612. The van der Waals surface area contributed by atoms with Gasteiger partial charge < -0.3 is 10.1 Å². The van der Waals surface area contributed by atoms with Crippen LogP contribution in [0.5, 0.6) is 0 Å². The fourth-order valence-corrected chi connectivity index (χ4v) is 1.92. The lowest BCUT2D eigenvalue weighted by Crippen LogP contribution is -2.29. The van der Waals surface area contributed by atoms with Gasteiger partial charge in [-0.25, -0.2) is 0 Å². The van der Waals surface area contributed by atoms with Crippen LogP contribution < -0.4 is 5.32 Å². The van der Waals surface area contributed by atoms with Gasteiger partial charge in [0.15, 0.2) is 0 Å². The van der Waals surface area contributed by atoms with Crippen LogP contribution in [-0.4, -0.2) is 26.3 Å². The third kappa shape index (κ3) is 3.92. The third-order valence-corrected chi connectivity index (χ3v) is 2.82. The first kappa shape index (κ1) is 10.7. The van der Waals surface area contributed by atoms with Gasteiger partial charge in [-0.3, -0.25) is 0 Å². The number of hydrogen-bond acceptors (Lipinski definition) is 2. The molecule has 0 bridgehead atoms. The molecule has 2 nitrogen and oxygen atoms in total. The molecule has 76 valence electrons. The summed E-state index contributed by atoms with van der Waals surface area (Å²) in [5, 5.41) is 3.34. The highest BCUT2D eigenvalue weighted by Crippen LogP contribution is 2.21. The lowest BCUT2D eigenvalue weighted by molar-refractivity contribution is 0.0609. The second kappa shape index (κ2) is 6.17. The van der Waals surface area contributed by atoms with E-state index in [-0.39, 0.29) is 0 Å². The molecule has 0 aromatic heterocycles. The Morgan fingerprint density at radius 1 is 1.54 bits per heavy atom. The van der Waals surface area contributed by atoms with Gasteiger partial charge in [-0.05, 0) is 38.6 Å². The van der Waals surface area contributed by atoms with E-state index in [1.165, 1.54) is 19.3 Å². The van der Waals surface area contributed by atoms with Gasteiger partial charge in [-0.2, -0.15) is 0 Å². The van der Waals surface area contributed by atoms with Crippen LogP contribution in [0.25, 0.3) is 0 Å². The van der Waals surface area contributed by atoms with Crippen LogP contribution in [0.15, 0.2) is 12.7 Å². The molecule has 0 radical (unpaired) electrons. The van der Waals surface area contributed by atoms with Crippen molar-refractivity contribution in [3.05, 3.63) is 12.7 Å². The predicted molar refractivity (Wildman–Crippen MR) is 55.8 cm³/mol. The number of hydrogen-bond donors (Lipinski definition) is 1. The van der Waals surface area contributed by atoms with Gasteiger partial charge >= 0.3 is 0 Å². The van der Waals surface area contributed by atoms with Gasteiger partial charge in [-0.15, -0.1) is 6.58 Å². The van der Waals surface area contributed by atoms with Gasteiger partial charge in [-0.1, -0.05) is 6.08 Å². The average molecular weight is 183 g/mol. The first-order valence-corrected chi connectivity index (χ1v) is 5.22. The summed E-state index contributed by atoms with van der Waals surface area (Å²) in [5.74, 6) is 0.853. The van der Waals surface area contributed by atoms with Crippen LogP contribution in [0.1, 0.15) is 25.7 Å². The van der Waals surface area contributed by atoms with E-state index in [0.717, 1.165) is 25.6 Å². The minimum atomic E-state index is 0.612. The molecule has 0 aromatic carbocycles. The summed E-state index contributed by atoms with van der Waals surface area (Å²) in [6.45, 7) is 5.68. The second-order valence-corrected chi connectivity index (χ2v) is 3.80. The summed E-state index contributed by atoms with van der Waals surface area (Å²) in [6, 6.07) is 0.612. The van der Waals surface area contributed by atoms with E-state index in [0.29, 0.717) is 6.04 Å². The molecule has 0 aliphatic carbocycles. The van der Waals surface area contributed by atoms with Crippen molar-refractivity contribution in [1.82, 2.24) is 5.32 Å². The molecule has 0 saturated carbocycles. The summed E-state index contributed by atoms with van der Waals surface area (Å²) >= 11 is 0. The van der Waals surface area contributed by atoms with Crippen LogP contribution >= 0.6 is 0 Å². The lowest BCUT2D eigenvalue weighted by atomic mass is 9.91. The van der Waals surface area contributed by atoms with Crippen molar-refractivity contribution >= 4 is 0 Å². The zero-order valence-corrected chi connectivity index (χ0v) is 8.59. The standard InChI is InChI=1S/C11H21NO/c1-3-4-11(12-2)9-10-5-7-13-8-6-10/h3,10-12H,1,4-9H2,2H3. The number of ether oxygens (including phenoxy) is 1. The van der Waals surface area contributed by atoms with Gasteiger partial charge in [0.1, 0.15) is 0 Å². The first-order chi connectivity index (χ1) is 6.36. The Morgan fingerprint density at radius 3 is 2.77 bits per heavy atom. The van der Waals surface area contributed by atoms with Gasteiger partial charge in [0.2, 0.25) is 0 Å². The van der Waals surface area contributed by atoms with Crippen molar-refractivity contribution in [3.8, 4) is 0 Å². The highest BCUT2D eigenvalue weighted by molar-refractivity contribution is 4.80. The topological polar surface area (TPSA) is 21.3 Å². The fraction of sp³-hybridized carbons (Fsp3) is 0.818. The molecule has 0 aromatic rings. The Morgan fingerprint density at radius 2 is 2.23 bits per heavy atom. The van der Waals surface area contributed by atoms with Crippen molar-refractivity contribution in [3.63, 3.8) is 0 Å².